The highest BCUT2D eigenvalue weighted by atomic mass is 79.9. The van der Waals surface area contributed by atoms with Crippen LogP contribution in [0.5, 0.6) is 0 Å². The standard InChI is InChI=1S/C12H9BrFNO2/c1-6(9-5-11(16)15-12(9)17)8-4-7(13)2-3-10(8)14/h2-4H,5H2,1H3,(H,15,16,17)/b9-6+. The fraction of sp³-hybridized carbons (Fsp3) is 0.167. The summed E-state index contributed by atoms with van der Waals surface area (Å²) >= 11 is 3.24. The average molecular weight is 298 g/mol. The molecule has 1 aliphatic rings. The van der Waals surface area contributed by atoms with Crippen LogP contribution in [0.2, 0.25) is 0 Å². The summed E-state index contributed by atoms with van der Waals surface area (Å²) in [6, 6.07) is 4.49. The molecule has 5 heteroatoms. The molecular formula is C12H9BrFNO2. The number of carbonyl (C=O) groups excluding carboxylic acids is 2. The largest absolute Gasteiger partial charge is 0.292 e. The predicted octanol–water partition coefficient (Wildman–Crippen LogP) is 2.41. The van der Waals surface area contributed by atoms with Gasteiger partial charge in [-0.05, 0) is 30.7 Å². The van der Waals surface area contributed by atoms with Crippen molar-refractivity contribution in [2.75, 3.05) is 0 Å². The SMILES string of the molecule is C/C(=C1/CC(=O)NC1=O)c1cc(Br)ccc1F. The summed E-state index contributed by atoms with van der Waals surface area (Å²) in [7, 11) is 0. The van der Waals surface area contributed by atoms with Crippen LogP contribution >= 0.6 is 15.9 Å². The average Bonchev–Trinajstić information content (AvgIpc) is 2.60. The molecule has 1 aromatic rings. The second kappa shape index (κ2) is 4.41. The van der Waals surface area contributed by atoms with Gasteiger partial charge in [-0.1, -0.05) is 15.9 Å². The van der Waals surface area contributed by atoms with Crippen molar-refractivity contribution in [1.82, 2.24) is 5.32 Å². The van der Waals surface area contributed by atoms with E-state index in [2.05, 4.69) is 21.2 Å². The predicted molar refractivity (Wildman–Crippen MR) is 64.5 cm³/mol. The monoisotopic (exact) mass is 297 g/mol. The topological polar surface area (TPSA) is 46.2 Å². The highest BCUT2D eigenvalue weighted by Crippen LogP contribution is 2.27. The van der Waals surface area contributed by atoms with Gasteiger partial charge in [0.2, 0.25) is 5.91 Å². The Hall–Kier alpha value is -1.49. The fourth-order valence-electron chi connectivity index (χ4n) is 1.74. The number of hydrogen-bond acceptors (Lipinski definition) is 2. The summed E-state index contributed by atoms with van der Waals surface area (Å²) in [5.41, 5.74) is 1.15. The maximum Gasteiger partial charge on any atom is 0.254 e. The molecule has 0 aromatic heterocycles. The molecule has 0 atom stereocenters. The van der Waals surface area contributed by atoms with Crippen LogP contribution in [0, 0.1) is 5.82 Å². The van der Waals surface area contributed by atoms with E-state index < -0.39 is 11.7 Å². The fourth-order valence-corrected chi connectivity index (χ4v) is 2.10. The van der Waals surface area contributed by atoms with Crippen LogP contribution in [0.15, 0.2) is 28.2 Å². The van der Waals surface area contributed by atoms with E-state index >= 15 is 0 Å². The number of benzene rings is 1. The van der Waals surface area contributed by atoms with Crippen molar-refractivity contribution in [3.63, 3.8) is 0 Å². The smallest absolute Gasteiger partial charge is 0.254 e. The maximum absolute atomic E-state index is 13.6. The number of imide groups is 1. The second-order valence-corrected chi connectivity index (χ2v) is 4.70. The Bertz CT molecular complexity index is 551. The third kappa shape index (κ3) is 2.29. The minimum absolute atomic E-state index is 0.0105. The molecule has 0 unspecified atom stereocenters. The van der Waals surface area contributed by atoms with Gasteiger partial charge in [0.05, 0.1) is 6.42 Å². The molecule has 0 radical (unpaired) electrons. The Kier molecular flexibility index (Phi) is 3.11. The van der Waals surface area contributed by atoms with E-state index in [1.54, 1.807) is 19.1 Å². The summed E-state index contributed by atoms with van der Waals surface area (Å²) in [4.78, 5) is 22.6. The third-order valence-corrected chi connectivity index (χ3v) is 3.14. The normalized spacial score (nSPS) is 18.3. The quantitative estimate of drug-likeness (QED) is 0.639. The van der Waals surface area contributed by atoms with Crippen LogP contribution in [0.4, 0.5) is 4.39 Å². The van der Waals surface area contributed by atoms with Crippen molar-refractivity contribution in [1.29, 1.82) is 0 Å². The molecule has 0 aliphatic carbocycles. The van der Waals surface area contributed by atoms with Gasteiger partial charge in [0.1, 0.15) is 5.82 Å². The molecule has 88 valence electrons. The van der Waals surface area contributed by atoms with Gasteiger partial charge < -0.3 is 0 Å². The summed E-state index contributed by atoms with van der Waals surface area (Å²) < 4.78 is 14.3. The minimum atomic E-state index is -0.438. The van der Waals surface area contributed by atoms with E-state index in [1.165, 1.54) is 6.07 Å². The zero-order valence-corrected chi connectivity index (χ0v) is 10.6. The molecule has 1 fully saturated rings. The molecule has 1 saturated heterocycles. The molecule has 1 aliphatic heterocycles. The molecule has 0 bridgehead atoms. The van der Waals surface area contributed by atoms with Crippen molar-refractivity contribution in [2.24, 2.45) is 0 Å². The van der Waals surface area contributed by atoms with Crippen LogP contribution in [0.25, 0.3) is 5.57 Å². The van der Waals surface area contributed by atoms with Crippen LogP contribution in [0.3, 0.4) is 0 Å². The third-order valence-electron chi connectivity index (χ3n) is 2.65. The molecule has 17 heavy (non-hydrogen) atoms. The minimum Gasteiger partial charge on any atom is -0.292 e. The molecule has 1 heterocycles. The van der Waals surface area contributed by atoms with E-state index in [0.29, 0.717) is 16.7 Å². The Morgan fingerprint density at radius 1 is 1.41 bits per heavy atom. The molecule has 1 aromatic carbocycles. The lowest BCUT2D eigenvalue weighted by atomic mass is 10.00. The number of carbonyl (C=O) groups is 2. The van der Waals surface area contributed by atoms with Gasteiger partial charge in [0.25, 0.3) is 5.91 Å². The van der Waals surface area contributed by atoms with Crippen molar-refractivity contribution in [3.8, 4) is 0 Å². The van der Waals surface area contributed by atoms with Gasteiger partial charge in [-0.2, -0.15) is 0 Å². The van der Waals surface area contributed by atoms with E-state index in [9.17, 15) is 14.0 Å². The first-order chi connectivity index (χ1) is 7.99. The Labute approximate surface area is 106 Å². The van der Waals surface area contributed by atoms with E-state index in [4.69, 9.17) is 0 Å². The summed E-state index contributed by atoms with van der Waals surface area (Å²) in [5, 5.41) is 2.18. The van der Waals surface area contributed by atoms with Crippen molar-refractivity contribution >= 4 is 33.3 Å². The number of amides is 2. The number of nitrogens with one attached hydrogen (secondary N) is 1. The number of rotatable bonds is 1. The van der Waals surface area contributed by atoms with Gasteiger partial charge in [0.15, 0.2) is 0 Å². The lowest BCUT2D eigenvalue weighted by Gasteiger charge is -2.06. The van der Waals surface area contributed by atoms with Crippen molar-refractivity contribution in [3.05, 3.63) is 39.6 Å². The van der Waals surface area contributed by atoms with Gasteiger partial charge in [-0.25, -0.2) is 4.39 Å². The lowest BCUT2D eigenvalue weighted by Crippen LogP contribution is -2.19. The first-order valence-electron chi connectivity index (χ1n) is 4.98. The summed E-state index contributed by atoms with van der Waals surface area (Å²) in [5.74, 6) is -1.20. The van der Waals surface area contributed by atoms with Crippen LogP contribution in [0.1, 0.15) is 18.9 Å². The van der Waals surface area contributed by atoms with Gasteiger partial charge in [-0.15, -0.1) is 0 Å². The van der Waals surface area contributed by atoms with E-state index in [0.717, 1.165) is 4.47 Å². The van der Waals surface area contributed by atoms with Crippen molar-refractivity contribution < 1.29 is 14.0 Å². The highest BCUT2D eigenvalue weighted by Gasteiger charge is 2.26. The first kappa shape index (κ1) is 12.0. The molecule has 2 rings (SSSR count). The van der Waals surface area contributed by atoms with Crippen LogP contribution < -0.4 is 5.32 Å². The Balaban J connectivity index is 2.53. The summed E-state index contributed by atoms with van der Waals surface area (Å²) in [6.07, 6.45) is 0.0105. The number of hydrogen-bond donors (Lipinski definition) is 1. The van der Waals surface area contributed by atoms with Gasteiger partial charge in [0, 0.05) is 15.6 Å². The number of halogens is 2. The van der Waals surface area contributed by atoms with Crippen molar-refractivity contribution in [2.45, 2.75) is 13.3 Å². The van der Waals surface area contributed by atoms with Gasteiger partial charge in [-0.3, -0.25) is 14.9 Å². The Morgan fingerprint density at radius 3 is 2.71 bits per heavy atom. The van der Waals surface area contributed by atoms with Crippen LogP contribution in [-0.2, 0) is 9.59 Å². The molecule has 2 amide bonds. The van der Waals surface area contributed by atoms with Crippen LogP contribution in [-0.4, -0.2) is 11.8 Å². The van der Waals surface area contributed by atoms with Gasteiger partial charge >= 0.3 is 0 Å². The van der Waals surface area contributed by atoms with E-state index in [1.807, 2.05) is 0 Å². The number of allylic oxidation sites excluding steroid dienone is 1. The molecule has 3 nitrogen and oxygen atoms in total. The van der Waals surface area contributed by atoms with E-state index in [-0.39, 0.29) is 12.3 Å². The zero-order chi connectivity index (χ0) is 12.6. The highest BCUT2D eigenvalue weighted by molar-refractivity contribution is 9.10. The second-order valence-electron chi connectivity index (χ2n) is 3.78. The maximum atomic E-state index is 13.6. The molecule has 1 N–H and O–H groups in total. The zero-order valence-electron chi connectivity index (χ0n) is 9.01. The first-order valence-corrected chi connectivity index (χ1v) is 5.77. The Morgan fingerprint density at radius 2 is 2.12 bits per heavy atom. The molecular weight excluding hydrogens is 289 g/mol. The molecule has 0 spiro atoms. The lowest BCUT2D eigenvalue weighted by molar-refractivity contribution is -0.124. The summed E-state index contributed by atoms with van der Waals surface area (Å²) in [6.45, 7) is 1.64. The molecule has 0 saturated carbocycles.